The zero-order valence-corrected chi connectivity index (χ0v) is 10.6. The average Bonchev–Trinajstić information content (AvgIpc) is 2.96. The molecule has 0 aliphatic heterocycles. The zero-order valence-electron chi connectivity index (χ0n) is 10.6. The molecule has 1 rings (SSSR count). The number of unbranched alkanes of at least 4 members (excludes halogenated alkanes) is 4. The predicted molar refractivity (Wildman–Crippen MR) is 67.8 cm³/mol. The van der Waals surface area contributed by atoms with Crippen molar-refractivity contribution in [3.05, 3.63) is 0 Å². The molecule has 0 atom stereocenters. The molecule has 3 nitrogen and oxygen atoms in total. The Morgan fingerprint density at radius 2 is 1.94 bits per heavy atom. The summed E-state index contributed by atoms with van der Waals surface area (Å²) >= 11 is 0. The molecule has 1 aliphatic carbocycles. The number of hydrogen-bond acceptors (Lipinski definition) is 2. The van der Waals surface area contributed by atoms with Crippen molar-refractivity contribution in [1.82, 2.24) is 0 Å². The van der Waals surface area contributed by atoms with Gasteiger partial charge in [0.25, 0.3) is 0 Å². The first-order chi connectivity index (χ1) is 7.68. The van der Waals surface area contributed by atoms with Crippen molar-refractivity contribution in [2.24, 2.45) is 11.1 Å². The molecule has 0 amide bonds. The van der Waals surface area contributed by atoms with E-state index in [2.05, 4.69) is 6.92 Å². The van der Waals surface area contributed by atoms with Gasteiger partial charge in [0.15, 0.2) is 0 Å². The van der Waals surface area contributed by atoms with Gasteiger partial charge in [-0.1, -0.05) is 32.6 Å². The lowest BCUT2D eigenvalue weighted by molar-refractivity contribution is 0.0892. The summed E-state index contributed by atoms with van der Waals surface area (Å²) in [5, 5.41) is 7.30. The van der Waals surface area contributed by atoms with Crippen molar-refractivity contribution < 1.29 is 4.74 Å². The number of hydrogen-bond donors (Lipinski definition) is 2. The Kier molecular flexibility index (Phi) is 5.81. The highest BCUT2D eigenvalue weighted by molar-refractivity contribution is 5.78. The maximum atomic E-state index is 7.30. The lowest BCUT2D eigenvalue weighted by Gasteiger charge is -2.14. The zero-order chi connectivity index (χ0) is 11.9. The Morgan fingerprint density at radius 1 is 1.25 bits per heavy atom. The Bertz CT molecular complexity index is 212. The lowest BCUT2D eigenvalue weighted by Crippen LogP contribution is -2.20. The minimum atomic E-state index is 0.245. The SMILES string of the molecule is CCCCCCCOCC1(CC(=N)N)CC1. The number of rotatable bonds is 10. The quantitative estimate of drug-likeness (QED) is 0.341. The summed E-state index contributed by atoms with van der Waals surface area (Å²) in [6, 6.07) is 0. The van der Waals surface area contributed by atoms with E-state index in [1.165, 1.54) is 44.9 Å². The fourth-order valence-electron chi connectivity index (χ4n) is 2.05. The van der Waals surface area contributed by atoms with Crippen molar-refractivity contribution in [3.8, 4) is 0 Å². The van der Waals surface area contributed by atoms with Gasteiger partial charge in [-0.25, -0.2) is 0 Å². The van der Waals surface area contributed by atoms with Gasteiger partial charge in [0.2, 0.25) is 0 Å². The summed E-state index contributed by atoms with van der Waals surface area (Å²) in [7, 11) is 0. The van der Waals surface area contributed by atoms with E-state index in [-0.39, 0.29) is 5.41 Å². The fourth-order valence-corrected chi connectivity index (χ4v) is 2.05. The van der Waals surface area contributed by atoms with E-state index in [0.29, 0.717) is 5.84 Å². The van der Waals surface area contributed by atoms with E-state index >= 15 is 0 Å². The molecule has 3 N–H and O–H groups in total. The second-order valence-corrected chi connectivity index (χ2v) is 5.17. The van der Waals surface area contributed by atoms with Crippen molar-refractivity contribution in [3.63, 3.8) is 0 Å². The smallest absolute Gasteiger partial charge is 0.0911 e. The van der Waals surface area contributed by atoms with Crippen LogP contribution in [-0.4, -0.2) is 19.0 Å². The average molecular weight is 226 g/mol. The summed E-state index contributed by atoms with van der Waals surface area (Å²) < 4.78 is 5.69. The van der Waals surface area contributed by atoms with Gasteiger partial charge in [-0.05, 0) is 19.3 Å². The summed E-state index contributed by atoms with van der Waals surface area (Å²) in [5.74, 6) is 0.309. The molecular weight excluding hydrogens is 200 g/mol. The van der Waals surface area contributed by atoms with Gasteiger partial charge < -0.3 is 10.5 Å². The molecule has 1 saturated carbocycles. The largest absolute Gasteiger partial charge is 0.388 e. The van der Waals surface area contributed by atoms with Crippen molar-refractivity contribution in [1.29, 1.82) is 5.41 Å². The highest BCUT2D eigenvalue weighted by Gasteiger charge is 2.43. The van der Waals surface area contributed by atoms with Gasteiger partial charge in [0.1, 0.15) is 0 Å². The number of amidine groups is 1. The molecule has 1 aliphatic rings. The molecule has 3 heteroatoms. The maximum absolute atomic E-state index is 7.30. The third-order valence-electron chi connectivity index (χ3n) is 3.32. The molecule has 0 aromatic heterocycles. The second-order valence-electron chi connectivity index (χ2n) is 5.17. The van der Waals surface area contributed by atoms with E-state index in [4.69, 9.17) is 15.9 Å². The maximum Gasteiger partial charge on any atom is 0.0911 e. The molecule has 0 radical (unpaired) electrons. The Balaban J connectivity index is 1.93. The van der Waals surface area contributed by atoms with Gasteiger partial charge in [-0.15, -0.1) is 0 Å². The van der Waals surface area contributed by atoms with Crippen LogP contribution < -0.4 is 5.73 Å². The van der Waals surface area contributed by atoms with E-state index in [1.807, 2.05) is 0 Å². The molecule has 1 fully saturated rings. The highest BCUT2D eigenvalue weighted by atomic mass is 16.5. The minimum absolute atomic E-state index is 0.245. The predicted octanol–water partition coefficient (Wildman–Crippen LogP) is 3.08. The van der Waals surface area contributed by atoms with Crippen molar-refractivity contribution >= 4 is 5.84 Å². The Labute approximate surface area is 99.3 Å². The second kappa shape index (κ2) is 6.89. The van der Waals surface area contributed by atoms with Crippen LogP contribution in [-0.2, 0) is 4.74 Å². The van der Waals surface area contributed by atoms with Crippen molar-refractivity contribution in [2.45, 2.75) is 58.3 Å². The highest BCUT2D eigenvalue weighted by Crippen LogP contribution is 2.48. The molecule has 0 aromatic rings. The Hall–Kier alpha value is -0.570. The first-order valence-corrected chi connectivity index (χ1v) is 6.59. The van der Waals surface area contributed by atoms with Crippen LogP contribution in [0.4, 0.5) is 0 Å². The van der Waals surface area contributed by atoms with Crippen LogP contribution in [0.1, 0.15) is 58.3 Å². The van der Waals surface area contributed by atoms with Crippen molar-refractivity contribution in [2.75, 3.05) is 13.2 Å². The number of ether oxygens (including phenoxy) is 1. The summed E-state index contributed by atoms with van der Waals surface area (Å²) in [6.07, 6.45) is 9.52. The standard InChI is InChI=1S/C13H26N2O/c1-2-3-4-5-6-9-16-11-13(7-8-13)10-12(14)15/h2-11H2,1H3,(H3,14,15). The van der Waals surface area contributed by atoms with Crippen LogP contribution in [0.2, 0.25) is 0 Å². The molecule has 0 spiro atoms. The van der Waals surface area contributed by atoms with Crippen LogP contribution in [0.25, 0.3) is 0 Å². The molecule has 16 heavy (non-hydrogen) atoms. The normalized spacial score (nSPS) is 17.3. The molecule has 0 bridgehead atoms. The first kappa shape index (κ1) is 13.5. The first-order valence-electron chi connectivity index (χ1n) is 6.59. The molecular formula is C13H26N2O. The van der Waals surface area contributed by atoms with Gasteiger partial charge >= 0.3 is 0 Å². The number of nitrogens with one attached hydrogen (secondary N) is 1. The minimum Gasteiger partial charge on any atom is -0.388 e. The molecule has 0 heterocycles. The van der Waals surface area contributed by atoms with Gasteiger partial charge in [-0.3, -0.25) is 5.41 Å². The van der Waals surface area contributed by atoms with Crippen LogP contribution >= 0.6 is 0 Å². The molecule has 0 aromatic carbocycles. The van der Waals surface area contributed by atoms with E-state index < -0.39 is 0 Å². The van der Waals surface area contributed by atoms with Crippen LogP contribution in [0.5, 0.6) is 0 Å². The summed E-state index contributed by atoms with van der Waals surface area (Å²) in [5.41, 5.74) is 5.68. The van der Waals surface area contributed by atoms with Gasteiger partial charge in [-0.2, -0.15) is 0 Å². The van der Waals surface area contributed by atoms with Gasteiger partial charge in [0, 0.05) is 18.4 Å². The summed E-state index contributed by atoms with van der Waals surface area (Å²) in [6.45, 7) is 3.92. The molecule has 94 valence electrons. The van der Waals surface area contributed by atoms with Gasteiger partial charge in [0.05, 0.1) is 12.4 Å². The van der Waals surface area contributed by atoms with E-state index in [0.717, 1.165) is 19.6 Å². The Morgan fingerprint density at radius 3 is 2.50 bits per heavy atom. The topological polar surface area (TPSA) is 59.1 Å². The fraction of sp³-hybridized carbons (Fsp3) is 0.923. The lowest BCUT2D eigenvalue weighted by atomic mass is 10.0. The molecule has 0 saturated heterocycles. The monoisotopic (exact) mass is 226 g/mol. The van der Waals surface area contributed by atoms with Crippen LogP contribution in [0.3, 0.4) is 0 Å². The van der Waals surface area contributed by atoms with Crippen LogP contribution in [0, 0.1) is 10.8 Å². The van der Waals surface area contributed by atoms with E-state index in [9.17, 15) is 0 Å². The number of nitrogens with two attached hydrogens (primary N) is 1. The molecule has 0 unspecified atom stereocenters. The summed E-state index contributed by atoms with van der Waals surface area (Å²) in [4.78, 5) is 0. The third-order valence-corrected chi connectivity index (χ3v) is 3.32. The van der Waals surface area contributed by atoms with Crippen LogP contribution in [0.15, 0.2) is 0 Å². The van der Waals surface area contributed by atoms with E-state index in [1.54, 1.807) is 0 Å². The third kappa shape index (κ3) is 5.50.